The second-order valence-corrected chi connectivity index (χ2v) is 5.75. The van der Waals surface area contributed by atoms with E-state index in [1.807, 2.05) is 30.3 Å². The molecule has 112 valence electrons. The highest BCUT2D eigenvalue weighted by Gasteiger charge is 2.27. The van der Waals surface area contributed by atoms with Gasteiger partial charge < -0.3 is 10.4 Å². The zero-order valence-corrected chi connectivity index (χ0v) is 12.2. The van der Waals surface area contributed by atoms with Crippen molar-refractivity contribution in [1.82, 2.24) is 5.32 Å². The molecule has 1 fully saturated rings. The summed E-state index contributed by atoms with van der Waals surface area (Å²) in [4.78, 5) is 12.1. The van der Waals surface area contributed by atoms with E-state index in [2.05, 4.69) is 11.4 Å². The van der Waals surface area contributed by atoms with E-state index in [1.165, 1.54) is 0 Å². The summed E-state index contributed by atoms with van der Waals surface area (Å²) in [5.74, 6) is -0.221. The van der Waals surface area contributed by atoms with Gasteiger partial charge in [0, 0.05) is 13.2 Å². The van der Waals surface area contributed by atoms with E-state index in [0.29, 0.717) is 24.8 Å². The number of nitrogens with one attached hydrogen (secondary N) is 1. The molecule has 1 saturated carbocycles. The molecule has 21 heavy (non-hydrogen) atoms. The molecule has 2 N–H and O–H groups in total. The number of carbonyl (C=O) groups is 1. The molecule has 1 amide bonds. The highest BCUT2D eigenvalue weighted by Crippen LogP contribution is 2.30. The second kappa shape index (κ2) is 7.80. The summed E-state index contributed by atoms with van der Waals surface area (Å²) in [6, 6.07) is 11.7. The molecule has 0 radical (unpaired) electrons. The Labute approximate surface area is 125 Å². The fourth-order valence-electron chi connectivity index (χ4n) is 3.02. The first-order valence-electron chi connectivity index (χ1n) is 7.56. The van der Waals surface area contributed by atoms with Crippen LogP contribution in [0.4, 0.5) is 0 Å². The minimum atomic E-state index is -0.652. The molecule has 0 bridgehead atoms. The van der Waals surface area contributed by atoms with Gasteiger partial charge in [0.1, 0.15) is 5.92 Å². The standard InChI is InChI=1S/C17H22N2O2/c18-10-16(9-13-5-2-1-3-6-13)17(21)19-11-14-7-4-8-15(14)12-20/h1-3,5-6,14-16,20H,4,7-9,11-12H2,(H,19,21). The number of hydrogen-bond donors (Lipinski definition) is 2. The third-order valence-electron chi connectivity index (χ3n) is 4.34. The van der Waals surface area contributed by atoms with Crippen LogP contribution in [0.25, 0.3) is 0 Å². The molecular formula is C17H22N2O2. The van der Waals surface area contributed by atoms with E-state index in [9.17, 15) is 15.2 Å². The van der Waals surface area contributed by atoms with Gasteiger partial charge in [-0.25, -0.2) is 0 Å². The summed E-state index contributed by atoms with van der Waals surface area (Å²) in [6.07, 6.45) is 3.62. The van der Waals surface area contributed by atoms with Crippen molar-refractivity contribution in [3.8, 4) is 6.07 Å². The number of nitriles is 1. The number of hydrogen-bond acceptors (Lipinski definition) is 3. The van der Waals surface area contributed by atoms with E-state index in [1.54, 1.807) is 0 Å². The number of benzene rings is 1. The van der Waals surface area contributed by atoms with Crippen molar-refractivity contribution in [3.63, 3.8) is 0 Å². The van der Waals surface area contributed by atoms with Crippen molar-refractivity contribution < 1.29 is 9.90 Å². The topological polar surface area (TPSA) is 73.1 Å². The van der Waals surface area contributed by atoms with Gasteiger partial charge in [-0.3, -0.25) is 4.79 Å². The quantitative estimate of drug-likeness (QED) is 0.838. The predicted octanol–water partition coefficient (Wildman–Crippen LogP) is 1.89. The molecule has 0 heterocycles. The van der Waals surface area contributed by atoms with Gasteiger partial charge in [-0.1, -0.05) is 36.8 Å². The minimum absolute atomic E-state index is 0.187. The average Bonchev–Trinajstić information content (AvgIpc) is 2.98. The Morgan fingerprint density at radius 1 is 1.33 bits per heavy atom. The van der Waals surface area contributed by atoms with Crippen molar-refractivity contribution in [2.45, 2.75) is 25.7 Å². The lowest BCUT2D eigenvalue weighted by Crippen LogP contribution is -2.36. The highest BCUT2D eigenvalue weighted by molar-refractivity contribution is 5.81. The third-order valence-corrected chi connectivity index (χ3v) is 4.34. The highest BCUT2D eigenvalue weighted by atomic mass is 16.3. The Kier molecular flexibility index (Phi) is 5.77. The van der Waals surface area contributed by atoms with Gasteiger partial charge in [-0.2, -0.15) is 5.26 Å². The van der Waals surface area contributed by atoms with Gasteiger partial charge in [0.25, 0.3) is 0 Å². The Bertz CT molecular complexity index is 495. The zero-order chi connectivity index (χ0) is 15.1. The summed E-state index contributed by atoms with van der Waals surface area (Å²) < 4.78 is 0. The summed E-state index contributed by atoms with van der Waals surface area (Å²) >= 11 is 0. The summed E-state index contributed by atoms with van der Waals surface area (Å²) in [6.45, 7) is 0.753. The zero-order valence-electron chi connectivity index (χ0n) is 12.2. The van der Waals surface area contributed by atoms with Crippen molar-refractivity contribution in [3.05, 3.63) is 35.9 Å². The van der Waals surface area contributed by atoms with Crippen LogP contribution in [0.1, 0.15) is 24.8 Å². The van der Waals surface area contributed by atoms with Crippen LogP contribution in [0.3, 0.4) is 0 Å². The normalized spacial score (nSPS) is 22.5. The molecule has 1 aliphatic carbocycles. The van der Waals surface area contributed by atoms with Crippen LogP contribution in [0.2, 0.25) is 0 Å². The van der Waals surface area contributed by atoms with Crippen LogP contribution in [0.15, 0.2) is 30.3 Å². The van der Waals surface area contributed by atoms with Gasteiger partial charge in [-0.15, -0.1) is 0 Å². The molecule has 4 heteroatoms. The van der Waals surface area contributed by atoms with Crippen molar-refractivity contribution in [2.75, 3.05) is 13.2 Å². The molecule has 3 atom stereocenters. The van der Waals surface area contributed by atoms with Crippen LogP contribution in [0, 0.1) is 29.1 Å². The molecule has 4 nitrogen and oxygen atoms in total. The van der Waals surface area contributed by atoms with Crippen LogP contribution in [-0.4, -0.2) is 24.2 Å². The lowest BCUT2D eigenvalue weighted by atomic mass is 9.96. The van der Waals surface area contributed by atoms with Crippen LogP contribution >= 0.6 is 0 Å². The fourth-order valence-corrected chi connectivity index (χ4v) is 3.02. The van der Waals surface area contributed by atoms with Gasteiger partial charge in [0.05, 0.1) is 6.07 Å². The number of aliphatic hydroxyl groups is 1. The molecule has 1 aliphatic rings. The number of carbonyl (C=O) groups excluding carboxylic acids is 1. The van der Waals surface area contributed by atoms with Crippen molar-refractivity contribution in [2.24, 2.45) is 17.8 Å². The monoisotopic (exact) mass is 286 g/mol. The molecule has 0 spiro atoms. The van der Waals surface area contributed by atoms with E-state index in [4.69, 9.17) is 0 Å². The lowest BCUT2D eigenvalue weighted by Gasteiger charge is -2.18. The van der Waals surface area contributed by atoms with Crippen molar-refractivity contribution in [1.29, 1.82) is 5.26 Å². The molecule has 1 aromatic rings. The Morgan fingerprint density at radius 2 is 2.05 bits per heavy atom. The number of rotatable bonds is 6. The summed E-state index contributed by atoms with van der Waals surface area (Å²) in [5.41, 5.74) is 0.994. The maximum atomic E-state index is 12.1. The average molecular weight is 286 g/mol. The first kappa shape index (κ1) is 15.5. The van der Waals surface area contributed by atoms with E-state index >= 15 is 0 Å². The summed E-state index contributed by atoms with van der Waals surface area (Å²) in [7, 11) is 0. The maximum Gasteiger partial charge on any atom is 0.237 e. The van der Waals surface area contributed by atoms with Gasteiger partial charge in [0.2, 0.25) is 5.91 Å². The minimum Gasteiger partial charge on any atom is -0.396 e. The predicted molar refractivity (Wildman–Crippen MR) is 80.2 cm³/mol. The second-order valence-electron chi connectivity index (χ2n) is 5.75. The summed E-state index contributed by atoms with van der Waals surface area (Å²) in [5, 5.41) is 21.4. The van der Waals surface area contributed by atoms with Crippen LogP contribution in [-0.2, 0) is 11.2 Å². The number of aliphatic hydroxyl groups excluding tert-OH is 1. The van der Waals surface area contributed by atoms with E-state index in [-0.39, 0.29) is 12.5 Å². The SMILES string of the molecule is N#CC(Cc1ccccc1)C(=O)NCC1CCCC1CO. The third kappa shape index (κ3) is 4.30. The molecule has 2 rings (SSSR count). The first-order valence-corrected chi connectivity index (χ1v) is 7.56. The molecule has 0 aliphatic heterocycles. The molecule has 1 aromatic carbocycles. The Hall–Kier alpha value is -1.86. The van der Waals surface area contributed by atoms with Crippen LogP contribution in [0.5, 0.6) is 0 Å². The molecule has 3 unspecified atom stereocenters. The smallest absolute Gasteiger partial charge is 0.237 e. The number of nitrogens with zero attached hydrogens (tertiary/aromatic N) is 1. The molecular weight excluding hydrogens is 264 g/mol. The Balaban J connectivity index is 1.85. The first-order chi connectivity index (χ1) is 10.2. The van der Waals surface area contributed by atoms with Crippen molar-refractivity contribution >= 4 is 5.91 Å². The van der Waals surface area contributed by atoms with Gasteiger partial charge >= 0.3 is 0 Å². The number of amides is 1. The lowest BCUT2D eigenvalue weighted by molar-refractivity contribution is -0.123. The maximum absolute atomic E-state index is 12.1. The van der Waals surface area contributed by atoms with Gasteiger partial charge in [-0.05, 0) is 36.7 Å². The van der Waals surface area contributed by atoms with Crippen LogP contribution < -0.4 is 5.32 Å². The van der Waals surface area contributed by atoms with Gasteiger partial charge in [0.15, 0.2) is 0 Å². The van der Waals surface area contributed by atoms with E-state index in [0.717, 1.165) is 24.8 Å². The molecule has 0 saturated heterocycles. The molecule has 0 aromatic heterocycles. The van der Waals surface area contributed by atoms with E-state index < -0.39 is 5.92 Å². The Morgan fingerprint density at radius 3 is 2.71 bits per heavy atom. The largest absolute Gasteiger partial charge is 0.396 e. The fraction of sp³-hybridized carbons (Fsp3) is 0.529.